The molecule has 0 aliphatic heterocycles. The van der Waals surface area contributed by atoms with Gasteiger partial charge in [-0.1, -0.05) is 13.8 Å². The van der Waals surface area contributed by atoms with Crippen molar-refractivity contribution in [3.05, 3.63) is 27.4 Å². The first kappa shape index (κ1) is 12.4. The quantitative estimate of drug-likeness (QED) is 0.703. The number of hydrogen-bond acceptors (Lipinski definition) is 4. The molecule has 88 valence electrons. The third-order valence-electron chi connectivity index (χ3n) is 2.42. The van der Waals surface area contributed by atoms with Crippen LogP contribution in [0.4, 0.5) is 0 Å². The second kappa shape index (κ2) is 4.47. The van der Waals surface area contributed by atoms with Crippen LogP contribution in [0, 0.1) is 6.92 Å². The number of esters is 1. The summed E-state index contributed by atoms with van der Waals surface area (Å²) in [6.45, 7) is 5.47. The summed E-state index contributed by atoms with van der Waals surface area (Å²) in [4.78, 5) is 27.5. The zero-order valence-electron chi connectivity index (χ0n) is 10.2. The first-order chi connectivity index (χ1) is 7.40. The third-order valence-corrected chi connectivity index (χ3v) is 2.42. The van der Waals surface area contributed by atoms with Crippen molar-refractivity contribution in [2.75, 3.05) is 7.11 Å². The molecule has 0 aromatic carbocycles. The van der Waals surface area contributed by atoms with E-state index >= 15 is 0 Å². The van der Waals surface area contributed by atoms with Gasteiger partial charge in [0, 0.05) is 13.0 Å². The number of hydrogen-bond donors (Lipinski definition) is 0. The van der Waals surface area contributed by atoms with Crippen molar-refractivity contribution in [3.63, 3.8) is 0 Å². The van der Waals surface area contributed by atoms with Gasteiger partial charge >= 0.3 is 5.97 Å². The number of aromatic nitrogens is 2. The zero-order valence-corrected chi connectivity index (χ0v) is 10.2. The van der Waals surface area contributed by atoms with Gasteiger partial charge < -0.3 is 9.30 Å². The molecule has 0 spiro atoms. The van der Waals surface area contributed by atoms with E-state index in [0.29, 0.717) is 11.4 Å². The van der Waals surface area contributed by atoms with Crippen molar-refractivity contribution in [1.29, 1.82) is 0 Å². The lowest BCUT2D eigenvalue weighted by atomic mass is 10.1. The fourth-order valence-corrected chi connectivity index (χ4v) is 1.55. The Morgan fingerprint density at radius 2 is 2.00 bits per heavy atom. The van der Waals surface area contributed by atoms with E-state index in [1.165, 1.54) is 11.7 Å². The Morgan fingerprint density at radius 1 is 1.44 bits per heavy atom. The van der Waals surface area contributed by atoms with Crippen molar-refractivity contribution < 1.29 is 9.53 Å². The molecule has 0 unspecified atom stereocenters. The summed E-state index contributed by atoms with van der Waals surface area (Å²) in [5.74, 6) is -0.510. The third kappa shape index (κ3) is 1.98. The van der Waals surface area contributed by atoms with E-state index in [9.17, 15) is 9.59 Å². The van der Waals surface area contributed by atoms with Gasteiger partial charge in [0.25, 0.3) is 5.56 Å². The van der Waals surface area contributed by atoms with E-state index in [1.54, 1.807) is 14.0 Å². The summed E-state index contributed by atoms with van der Waals surface area (Å²) < 4.78 is 5.91. The molecular formula is C11H16N2O3. The molecule has 1 aromatic rings. The molecule has 0 amide bonds. The smallest absolute Gasteiger partial charge is 0.356 e. The van der Waals surface area contributed by atoms with Gasteiger partial charge in [-0.2, -0.15) is 0 Å². The highest BCUT2D eigenvalue weighted by molar-refractivity contribution is 5.88. The van der Waals surface area contributed by atoms with Gasteiger partial charge in [0.15, 0.2) is 5.69 Å². The molecule has 0 saturated carbocycles. The van der Waals surface area contributed by atoms with E-state index < -0.39 is 5.97 Å². The predicted octanol–water partition coefficient (Wildman–Crippen LogP) is 0.999. The van der Waals surface area contributed by atoms with Crippen LogP contribution in [0.25, 0.3) is 0 Å². The fourth-order valence-electron chi connectivity index (χ4n) is 1.55. The van der Waals surface area contributed by atoms with Crippen LogP contribution in [-0.4, -0.2) is 22.6 Å². The number of rotatable bonds is 2. The van der Waals surface area contributed by atoms with Crippen LogP contribution in [-0.2, 0) is 11.8 Å². The summed E-state index contributed by atoms with van der Waals surface area (Å²) >= 11 is 0. The number of carbonyl (C=O) groups is 1. The molecule has 0 aliphatic rings. The lowest BCUT2D eigenvalue weighted by Gasteiger charge is -2.12. The molecule has 0 aliphatic carbocycles. The van der Waals surface area contributed by atoms with Gasteiger partial charge in [-0.3, -0.25) is 4.79 Å². The van der Waals surface area contributed by atoms with Gasteiger partial charge in [0.2, 0.25) is 0 Å². The number of carbonyl (C=O) groups excluding carboxylic acids is 1. The van der Waals surface area contributed by atoms with Gasteiger partial charge in [0.1, 0.15) is 5.69 Å². The van der Waals surface area contributed by atoms with Gasteiger partial charge in [0.05, 0.1) is 12.8 Å². The molecule has 1 heterocycles. The maximum atomic E-state index is 11.9. The molecule has 0 N–H and O–H groups in total. The van der Waals surface area contributed by atoms with Crippen LogP contribution in [0.5, 0.6) is 0 Å². The topological polar surface area (TPSA) is 61.2 Å². The minimum Gasteiger partial charge on any atom is -0.464 e. The van der Waals surface area contributed by atoms with Crippen molar-refractivity contribution in [1.82, 2.24) is 9.55 Å². The molecule has 16 heavy (non-hydrogen) atoms. The average molecular weight is 224 g/mol. The van der Waals surface area contributed by atoms with E-state index in [-0.39, 0.29) is 17.2 Å². The van der Waals surface area contributed by atoms with Crippen LogP contribution in [0.2, 0.25) is 0 Å². The number of ether oxygens (including phenoxy) is 1. The lowest BCUT2D eigenvalue weighted by Crippen LogP contribution is -2.30. The summed E-state index contributed by atoms with van der Waals surface area (Å²) in [6, 6.07) is 0. The molecule has 0 radical (unpaired) electrons. The standard InChI is InChI=1S/C11H16N2O3/c1-6(2)8-10(14)13(4)9(7(3)12-8)11(15)16-5/h6H,1-5H3. The van der Waals surface area contributed by atoms with Gasteiger partial charge in [-0.05, 0) is 6.92 Å². The molecule has 0 atom stereocenters. The molecule has 0 bridgehead atoms. The molecule has 0 saturated heterocycles. The lowest BCUT2D eigenvalue weighted by molar-refractivity contribution is 0.0586. The summed E-state index contributed by atoms with van der Waals surface area (Å²) in [7, 11) is 2.83. The van der Waals surface area contributed by atoms with E-state index in [1.807, 2.05) is 13.8 Å². The maximum absolute atomic E-state index is 11.9. The summed E-state index contributed by atoms with van der Waals surface area (Å²) in [5.41, 5.74) is 0.934. The van der Waals surface area contributed by atoms with E-state index in [4.69, 9.17) is 0 Å². The van der Waals surface area contributed by atoms with Crippen LogP contribution < -0.4 is 5.56 Å². The molecule has 5 heteroatoms. The average Bonchev–Trinajstić information content (AvgIpc) is 2.22. The Balaban J connectivity index is 3.53. The van der Waals surface area contributed by atoms with Gasteiger partial charge in [-0.25, -0.2) is 9.78 Å². The highest BCUT2D eigenvalue weighted by Gasteiger charge is 2.19. The minimum atomic E-state index is -0.542. The Labute approximate surface area is 94.1 Å². The molecular weight excluding hydrogens is 208 g/mol. The highest BCUT2D eigenvalue weighted by Crippen LogP contribution is 2.10. The van der Waals surface area contributed by atoms with Crippen molar-refractivity contribution in [2.24, 2.45) is 7.05 Å². The maximum Gasteiger partial charge on any atom is 0.356 e. The molecule has 1 aromatic heterocycles. The number of methoxy groups -OCH3 is 1. The predicted molar refractivity (Wildman–Crippen MR) is 59.6 cm³/mol. The van der Waals surface area contributed by atoms with Crippen molar-refractivity contribution >= 4 is 5.97 Å². The summed E-state index contributed by atoms with van der Waals surface area (Å²) in [5, 5.41) is 0. The SMILES string of the molecule is COC(=O)c1c(C)nc(C(C)C)c(=O)n1C. The van der Waals surface area contributed by atoms with Crippen LogP contribution in [0.15, 0.2) is 4.79 Å². The second-order valence-corrected chi connectivity index (χ2v) is 3.94. The molecule has 1 rings (SSSR count). The largest absolute Gasteiger partial charge is 0.464 e. The first-order valence-corrected chi connectivity index (χ1v) is 5.06. The Kier molecular flexibility index (Phi) is 3.47. The fraction of sp³-hybridized carbons (Fsp3) is 0.545. The monoisotopic (exact) mass is 224 g/mol. The van der Waals surface area contributed by atoms with Gasteiger partial charge in [-0.15, -0.1) is 0 Å². The summed E-state index contributed by atoms with van der Waals surface area (Å²) in [6.07, 6.45) is 0. The Hall–Kier alpha value is -1.65. The highest BCUT2D eigenvalue weighted by atomic mass is 16.5. The van der Waals surface area contributed by atoms with E-state index in [0.717, 1.165) is 0 Å². The second-order valence-electron chi connectivity index (χ2n) is 3.94. The van der Waals surface area contributed by atoms with Crippen LogP contribution in [0.3, 0.4) is 0 Å². The number of aryl methyl sites for hydroxylation is 1. The van der Waals surface area contributed by atoms with Crippen molar-refractivity contribution in [3.8, 4) is 0 Å². The Bertz CT molecular complexity index is 475. The zero-order chi connectivity index (χ0) is 12.5. The minimum absolute atomic E-state index is 0.0316. The van der Waals surface area contributed by atoms with E-state index in [2.05, 4.69) is 9.72 Å². The molecule has 5 nitrogen and oxygen atoms in total. The number of nitrogens with zero attached hydrogens (tertiary/aromatic N) is 2. The Morgan fingerprint density at radius 3 is 2.44 bits per heavy atom. The normalized spacial score (nSPS) is 10.6. The van der Waals surface area contributed by atoms with Crippen LogP contribution in [0.1, 0.15) is 41.6 Å². The molecule has 0 fully saturated rings. The van der Waals surface area contributed by atoms with Crippen LogP contribution >= 0.6 is 0 Å². The van der Waals surface area contributed by atoms with Crippen molar-refractivity contribution in [2.45, 2.75) is 26.7 Å². The first-order valence-electron chi connectivity index (χ1n) is 5.06.